The van der Waals surface area contributed by atoms with Crippen LogP contribution in [0.1, 0.15) is 65.2 Å². The van der Waals surface area contributed by atoms with E-state index in [1.807, 2.05) is 0 Å². The number of carbonyl (C=O) groups is 1. The predicted molar refractivity (Wildman–Crippen MR) is 71.8 cm³/mol. The van der Waals surface area contributed by atoms with Crippen LogP contribution in [0, 0.1) is 0 Å². The van der Waals surface area contributed by atoms with Crippen LogP contribution in [0.2, 0.25) is 0 Å². The molecule has 0 aromatic carbocycles. The Balaban J connectivity index is 2.45. The second kappa shape index (κ2) is 7.70. The lowest BCUT2D eigenvalue weighted by Crippen LogP contribution is -2.43. The van der Waals surface area contributed by atoms with Crippen molar-refractivity contribution in [2.24, 2.45) is 5.73 Å². The summed E-state index contributed by atoms with van der Waals surface area (Å²) in [5.41, 5.74) is 5.96. The summed E-state index contributed by atoms with van der Waals surface area (Å²) in [5.74, 6) is 0.264. The summed E-state index contributed by atoms with van der Waals surface area (Å²) in [6.07, 6.45) is 8.78. The van der Waals surface area contributed by atoms with Gasteiger partial charge in [-0.1, -0.05) is 32.6 Å². The third-order valence-corrected chi connectivity index (χ3v) is 3.77. The van der Waals surface area contributed by atoms with Crippen LogP contribution < -0.4 is 5.73 Å². The molecule has 2 N–H and O–H groups in total. The molecule has 1 saturated carbocycles. The molecule has 100 valence electrons. The minimum absolute atomic E-state index is 0.0464. The van der Waals surface area contributed by atoms with Gasteiger partial charge < -0.3 is 10.6 Å². The summed E-state index contributed by atoms with van der Waals surface area (Å²) >= 11 is 0. The lowest BCUT2D eigenvalue weighted by atomic mass is 9.93. The molecule has 1 aliphatic carbocycles. The third kappa shape index (κ3) is 4.66. The third-order valence-electron chi connectivity index (χ3n) is 3.77. The van der Waals surface area contributed by atoms with Gasteiger partial charge in [0.1, 0.15) is 0 Å². The molecular formula is C14H28N2O. The molecule has 3 nitrogen and oxygen atoms in total. The van der Waals surface area contributed by atoms with Crippen molar-refractivity contribution >= 4 is 5.91 Å². The highest BCUT2D eigenvalue weighted by Gasteiger charge is 2.24. The molecular weight excluding hydrogens is 212 g/mol. The zero-order valence-electron chi connectivity index (χ0n) is 11.5. The largest absolute Gasteiger partial charge is 0.340 e. The Morgan fingerprint density at radius 2 is 1.94 bits per heavy atom. The van der Waals surface area contributed by atoms with E-state index < -0.39 is 0 Å². The molecule has 1 fully saturated rings. The maximum absolute atomic E-state index is 12.2. The lowest BCUT2D eigenvalue weighted by Gasteiger charge is -2.34. The first-order valence-corrected chi connectivity index (χ1v) is 7.24. The van der Waals surface area contributed by atoms with Crippen molar-refractivity contribution in [1.82, 2.24) is 4.90 Å². The molecule has 0 radical (unpaired) electrons. The van der Waals surface area contributed by atoms with Crippen LogP contribution in [0.15, 0.2) is 0 Å². The van der Waals surface area contributed by atoms with Gasteiger partial charge in [-0.3, -0.25) is 4.79 Å². The SMILES string of the molecule is CCCC(N)CC(=O)N(CC)C1CCCCC1. The van der Waals surface area contributed by atoms with Crippen LogP contribution >= 0.6 is 0 Å². The van der Waals surface area contributed by atoms with Crippen LogP contribution in [0.4, 0.5) is 0 Å². The summed E-state index contributed by atoms with van der Waals surface area (Å²) in [7, 11) is 0. The van der Waals surface area contributed by atoms with E-state index in [0.29, 0.717) is 12.5 Å². The maximum atomic E-state index is 12.2. The first kappa shape index (κ1) is 14.5. The number of rotatable bonds is 6. The Bertz CT molecular complexity index is 224. The van der Waals surface area contributed by atoms with Gasteiger partial charge in [-0.15, -0.1) is 0 Å². The average Bonchev–Trinajstić information content (AvgIpc) is 2.31. The topological polar surface area (TPSA) is 46.3 Å². The smallest absolute Gasteiger partial charge is 0.224 e. The summed E-state index contributed by atoms with van der Waals surface area (Å²) in [5, 5.41) is 0. The fourth-order valence-electron chi connectivity index (χ4n) is 2.85. The first-order chi connectivity index (χ1) is 8.19. The Morgan fingerprint density at radius 1 is 1.29 bits per heavy atom. The van der Waals surface area contributed by atoms with E-state index in [1.165, 1.54) is 32.1 Å². The Hall–Kier alpha value is -0.570. The normalized spacial score (nSPS) is 19.0. The quantitative estimate of drug-likeness (QED) is 0.776. The highest BCUT2D eigenvalue weighted by atomic mass is 16.2. The molecule has 1 aliphatic rings. The molecule has 0 heterocycles. The number of nitrogens with two attached hydrogens (primary N) is 1. The van der Waals surface area contributed by atoms with Crippen LogP contribution in [0.5, 0.6) is 0 Å². The Kier molecular flexibility index (Phi) is 6.56. The zero-order valence-corrected chi connectivity index (χ0v) is 11.5. The van der Waals surface area contributed by atoms with Crippen LogP contribution in [-0.2, 0) is 4.79 Å². The summed E-state index contributed by atoms with van der Waals surface area (Å²) in [6.45, 7) is 5.03. The molecule has 1 rings (SSSR count). The molecule has 0 bridgehead atoms. The van der Waals surface area contributed by atoms with Gasteiger partial charge in [0.15, 0.2) is 0 Å². The fourth-order valence-corrected chi connectivity index (χ4v) is 2.85. The molecule has 1 amide bonds. The lowest BCUT2D eigenvalue weighted by molar-refractivity contribution is -0.134. The summed E-state index contributed by atoms with van der Waals surface area (Å²) in [6, 6.07) is 0.528. The van der Waals surface area contributed by atoms with Gasteiger partial charge in [-0.25, -0.2) is 0 Å². The van der Waals surface area contributed by atoms with E-state index in [2.05, 4.69) is 18.7 Å². The van der Waals surface area contributed by atoms with Crippen LogP contribution in [0.3, 0.4) is 0 Å². The zero-order chi connectivity index (χ0) is 12.7. The minimum atomic E-state index is 0.0464. The van der Waals surface area contributed by atoms with E-state index >= 15 is 0 Å². The van der Waals surface area contributed by atoms with Crippen molar-refractivity contribution in [3.63, 3.8) is 0 Å². The number of amides is 1. The average molecular weight is 240 g/mol. The standard InChI is InChI=1S/C14H28N2O/c1-3-8-12(15)11-14(17)16(4-2)13-9-6-5-7-10-13/h12-13H,3-11,15H2,1-2H3. The van der Waals surface area contributed by atoms with E-state index in [4.69, 9.17) is 5.73 Å². The molecule has 0 saturated heterocycles. The first-order valence-electron chi connectivity index (χ1n) is 7.24. The summed E-state index contributed by atoms with van der Waals surface area (Å²) < 4.78 is 0. The monoisotopic (exact) mass is 240 g/mol. The van der Waals surface area contributed by atoms with Crippen molar-refractivity contribution in [1.29, 1.82) is 0 Å². The Morgan fingerprint density at radius 3 is 2.47 bits per heavy atom. The highest BCUT2D eigenvalue weighted by Crippen LogP contribution is 2.23. The molecule has 1 unspecified atom stereocenters. The molecule has 0 aromatic rings. The summed E-state index contributed by atoms with van der Waals surface area (Å²) in [4.78, 5) is 14.3. The van der Waals surface area contributed by atoms with Gasteiger partial charge >= 0.3 is 0 Å². The van der Waals surface area contributed by atoms with Gasteiger partial charge in [0.05, 0.1) is 0 Å². The van der Waals surface area contributed by atoms with Crippen molar-refractivity contribution in [3.8, 4) is 0 Å². The van der Waals surface area contributed by atoms with Crippen molar-refractivity contribution in [2.75, 3.05) is 6.54 Å². The molecule has 0 aromatic heterocycles. The van der Waals surface area contributed by atoms with Crippen LogP contribution in [0.25, 0.3) is 0 Å². The van der Waals surface area contributed by atoms with E-state index in [-0.39, 0.29) is 11.9 Å². The maximum Gasteiger partial charge on any atom is 0.224 e. The van der Waals surface area contributed by atoms with Gasteiger partial charge in [0, 0.05) is 25.0 Å². The number of hydrogen-bond donors (Lipinski definition) is 1. The predicted octanol–water partition coefficient (Wildman–Crippen LogP) is 2.69. The van der Waals surface area contributed by atoms with Crippen molar-refractivity contribution in [3.05, 3.63) is 0 Å². The van der Waals surface area contributed by atoms with E-state index in [1.54, 1.807) is 0 Å². The molecule has 3 heteroatoms. The second-order valence-corrected chi connectivity index (χ2v) is 5.22. The van der Waals surface area contributed by atoms with Gasteiger partial charge in [0.2, 0.25) is 5.91 Å². The van der Waals surface area contributed by atoms with Gasteiger partial charge in [0.25, 0.3) is 0 Å². The Labute approximate surface area is 106 Å². The molecule has 0 aliphatic heterocycles. The fraction of sp³-hybridized carbons (Fsp3) is 0.929. The number of carbonyl (C=O) groups excluding carboxylic acids is 1. The van der Waals surface area contributed by atoms with E-state index in [9.17, 15) is 4.79 Å². The van der Waals surface area contributed by atoms with Crippen LogP contribution in [-0.4, -0.2) is 29.4 Å². The molecule has 1 atom stereocenters. The van der Waals surface area contributed by atoms with Gasteiger partial charge in [-0.05, 0) is 26.2 Å². The second-order valence-electron chi connectivity index (χ2n) is 5.22. The molecule has 17 heavy (non-hydrogen) atoms. The number of nitrogens with zero attached hydrogens (tertiary/aromatic N) is 1. The minimum Gasteiger partial charge on any atom is -0.340 e. The van der Waals surface area contributed by atoms with Gasteiger partial charge in [-0.2, -0.15) is 0 Å². The number of hydrogen-bond acceptors (Lipinski definition) is 2. The highest BCUT2D eigenvalue weighted by molar-refractivity contribution is 5.77. The van der Waals surface area contributed by atoms with E-state index in [0.717, 1.165) is 19.4 Å². The van der Waals surface area contributed by atoms with Crippen molar-refractivity contribution < 1.29 is 4.79 Å². The van der Waals surface area contributed by atoms with Crippen molar-refractivity contribution in [2.45, 2.75) is 77.3 Å². The molecule has 0 spiro atoms.